The second-order valence-electron chi connectivity index (χ2n) is 5.01. The van der Waals surface area contributed by atoms with Crippen molar-refractivity contribution in [2.24, 2.45) is 0 Å². The Labute approximate surface area is 122 Å². The number of hydrogen-bond donors (Lipinski definition) is 1. The molecule has 1 N–H and O–H groups in total. The predicted molar refractivity (Wildman–Crippen MR) is 69.4 cm³/mol. The van der Waals surface area contributed by atoms with Crippen molar-refractivity contribution in [1.82, 2.24) is 5.06 Å². The molecule has 0 aliphatic rings. The van der Waals surface area contributed by atoms with Crippen LogP contribution in [0.4, 0.5) is 18.0 Å². The highest BCUT2D eigenvalue weighted by Crippen LogP contribution is 2.34. The molecule has 0 spiro atoms. The SMILES string of the molecule is CC(C)(C)N(Oc1cc(Br)cc(C(F)(F)F)c1)C(=O)O. The molecule has 20 heavy (non-hydrogen) atoms. The molecule has 0 bridgehead atoms. The zero-order valence-corrected chi connectivity index (χ0v) is 12.5. The van der Waals surface area contributed by atoms with Gasteiger partial charge in [-0.25, -0.2) is 4.79 Å². The van der Waals surface area contributed by atoms with E-state index in [0.29, 0.717) is 5.06 Å². The van der Waals surface area contributed by atoms with Crippen molar-refractivity contribution in [2.45, 2.75) is 32.5 Å². The normalized spacial score (nSPS) is 12.2. The Morgan fingerprint density at radius 1 is 1.25 bits per heavy atom. The fourth-order valence-corrected chi connectivity index (χ4v) is 1.82. The molecule has 0 heterocycles. The summed E-state index contributed by atoms with van der Waals surface area (Å²) in [4.78, 5) is 16.1. The van der Waals surface area contributed by atoms with E-state index in [1.807, 2.05) is 0 Å². The van der Waals surface area contributed by atoms with E-state index in [1.54, 1.807) is 20.8 Å². The van der Waals surface area contributed by atoms with Crippen LogP contribution in [0.1, 0.15) is 26.3 Å². The smallest absolute Gasteiger partial charge is 0.441 e. The third-order valence-corrected chi connectivity index (χ3v) is 2.64. The Balaban J connectivity index is 3.15. The lowest BCUT2D eigenvalue weighted by Crippen LogP contribution is -2.47. The Kier molecular flexibility index (Phi) is 4.58. The number of rotatable bonds is 2. The summed E-state index contributed by atoms with van der Waals surface area (Å²) in [5, 5.41) is 9.63. The van der Waals surface area contributed by atoms with Gasteiger partial charge in [-0.15, -0.1) is 5.06 Å². The summed E-state index contributed by atoms with van der Waals surface area (Å²) in [5.74, 6) is -0.218. The number of carbonyl (C=O) groups is 1. The zero-order chi connectivity index (χ0) is 15.7. The summed E-state index contributed by atoms with van der Waals surface area (Å²) in [6.45, 7) is 4.68. The largest absolute Gasteiger partial charge is 0.463 e. The fraction of sp³-hybridized carbons (Fsp3) is 0.417. The molecule has 1 rings (SSSR count). The summed E-state index contributed by atoms with van der Waals surface area (Å²) in [6.07, 6.45) is -5.94. The number of halogens is 4. The molecule has 0 aliphatic carbocycles. The van der Waals surface area contributed by atoms with Crippen molar-refractivity contribution in [3.63, 3.8) is 0 Å². The van der Waals surface area contributed by atoms with Crippen LogP contribution in [0, 0.1) is 0 Å². The minimum atomic E-state index is -4.54. The van der Waals surface area contributed by atoms with Crippen LogP contribution in [0.25, 0.3) is 0 Å². The van der Waals surface area contributed by atoms with E-state index in [2.05, 4.69) is 15.9 Å². The van der Waals surface area contributed by atoms with Gasteiger partial charge in [-0.3, -0.25) is 0 Å². The maximum Gasteiger partial charge on any atom is 0.441 e. The predicted octanol–water partition coefficient (Wildman–Crippen LogP) is 4.54. The van der Waals surface area contributed by atoms with Gasteiger partial charge in [0.15, 0.2) is 5.75 Å². The van der Waals surface area contributed by atoms with Gasteiger partial charge >= 0.3 is 12.3 Å². The quantitative estimate of drug-likeness (QED) is 0.792. The minimum Gasteiger partial charge on any atom is -0.463 e. The number of amides is 1. The molecular weight excluding hydrogens is 343 g/mol. The van der Waals surface area contributed by atoms with Gasteiger partial charge in [-0.1, -0.05) is 15.9 Å². The first kappa shape index (κ1) is 16.6. The van der Waals surface area contributed by atoms with Gasteiger partial charge in [0.1, 0.15) is 0 Å². The molecule has 1 aromatic rings. The monoisotopic (exact) mass is 355 g/mol. The van der Waals surface area contributed by atoms with Gasteiger partial charge in [0.05, 0.1) is 11.1 Å². The number of hydrogen-bond acceptors (Lipinski definition) is 2. The van der Waals surface area contributed by atoms with Crippen LogP contribution in [0.5, 0.6) is 5.75 Å². The van der Waals surface area contributed by atoms with E-state index in [-0.39, 0.29) is 10.2 Å². The Morgan fingerprint density at radius 2 is 1.80 bits per heavy atom. The second kappa shape index (κ2) is 5.51. The molecular formula is C12H13BrF3NO3. The van der Waals surface area contributed by atoms with Gasteiger partial charge in [-0.2, -0.15) is 13.2 Å². The van der Waals surface area contributed by atoms with E-state index < -0.39 is 23.4 Å². The summed E-state index contributed by atoms with van der Waals surface area (Å²) in [7, 11) is 0. The lowest BCUT2D eigenvalue weighted by Gasteiger charge is -2.31. The van der Waals surface area contributed by atoms with Crippen molar-refractivity contribution in [1.29, 1.82) is 0 Å². The summed E-state index contributed by atoms with van der Waals surface area (Å²) >= 11 is 2.94. The molecule has 112 valence electrons. The topological polar surface area (TPSA) is 49.8 Å². The van der Waals surface area contributed by atoms with Crippen LogP contribution in [0.3, 0.4) is 0 Å². The number of alkyl halides is 3. The Hall–Kier alpha value is -1.44. The van der Waals surface area contributed by atoms with Crippen LogP contribution < -0.4 is 4.84 Å². The van der Waals surface area contributed by atoms with Gasteiger partial charge < -0.3 is 9.94 Å². The van der Waals surface area contributed by atoms with E-state index >= 15 is 0 Å². The van der Waals surface area contributed by atoms with Crippen LogP contribution >= 0.6 is 15.9 Å². The molecule has 0 radical (unpaired) electrons. The molecule has 0 fully saturated rings. The maximum absolute atomic E-state index is 12.7. The summed E-state index contributed by atoms with van der Waals surface area (Å²) < 4.78 is 38.2. The standard InChI is InChI=1S/C12H13BrF3NO3/c1-11(2,3)17(10(18)19)20-9-5-7(12(14,15)16)4-8(13)6-9/h4-6H,1-3H3,(H,18,19). The van der Waals surface area contributed by atoms with E-state index in [1.165, 1.54) is 6.07 Å². The van der Waals surface area contributed by atoms with E-state index in [4.69, 9.17) is 9.94 Å². The van der Waals surface area contributed by atoms with Crippen LogP contribution in [-0.2, 0) is 6.18 Å². The van der Waals surface area contributed by atoms with Crippen molar-refractivity contribution in [2.75, 3.05) is 0 Å². The van der Waals surface area contributed by atoms with Gasteiger partial charge in [0.25, 0.3) is 0 Å². The first-order chi connectivity index (χ1) is 8.91. The zero-order valence-electron chi connectivity index (χ0n) is 11.0. The molecule has 1 amide bonds. The highest BCUT2D eigenvalue weighted by molar-refractivity contribution is 9.10. The number of carboxylic acid groups (broad SMARTS) is 1. The first-order valence-corrected chi connectivity index (χ1v) is 6.29. The molecule has 8 heteroatoms. The van der Waals surface area contributed by atoms with E-state index in [0.717, 1.165) is 12.1 Å². The van der Waals surface area contributed by atoms with Crippen LogP contribution in [-0.4, -0.2) is 21.8 Å². The lowest BCUT2D eigenvalue weighted by molar-refractivity contribution is -0.138. The van der Waals surface area contributed by atoms with Gasteiger partial charge in [0.2, 0.25) is 0 Å². The average molecular weight is 356 g/mol. The summed E-state index contributed by atoms with van der Waals surface area (Å²) in [6, 6.07) is 2.89. The number of hydroxylamine groups is 2. The molecule has 0 aliphatic heterocycles. The molecule has 1 aromatic carbocycles. The molecule has 0 saturated heterocycles. The molecule has 0 saturated carbocycles. The third-order valence-electron chi connectivity index (χ3n) is 2.18. The van der Waals surface area contributed by atoms with Gasteiger partial charge in [-0.05, 0) is 39.0 Å². The Morgan fingerprint density at radius 3 is 2.20 bits per heavy atom. The second-order valence-corrected chi connectivity index (χ2v) is 5.93. The van der Waals surface area contributed by atoms with Crippen molar-refractivity contribution < 1.29 is 27.9 Å². The first-order valence-electron chi connectivity index (χ1n) is 5.50. The molecule has 0 aromatic heterocycles. The van der Waals surface area contributed by atoms with E-state index in [9.17, 15) is 18.0 Å². The average Bonchev–Trinajstić information content (AvgIpc) is 2.21. The highest BCUT2D eigenvalue weighted by Gasteiger charge is 2.33. The minimum absolute atomic E-state index is 0.140. The van der Waals surface area contributed by atoms with Crippen LogP contribution in [0.15, 0.2) is 22.7 Å². The fourth-order valence-electron chi connectivity index (χ4n) is 1.35. The van der Waals surface area contributed by atoms with Gasteiger partial charge in [0, 0.05) is 4.47 Å². The van der Waals surface area contributed by atoms with Crippen LogP contribution in [0.2, 0.25) is 0 Å². The number of nitrogens with zero attached hydrogens (tertiary/aromatic N) is 1. The molecule has 0 unspecified atom stereocenters. The van der Waals surface area contributed by atoms with Crippen molar-refractivity contribution in [3.05, 3.63) is 28.2 Å². The van der Waals surface area contributed by atoms with Crippen molar-refractivity contribution in [3.8, 4) is 5.75 Å². The highest BCUT2D eigenvalue weighted by atomic mass is 79.9. The summed E-state index contributed by atoms with van der Waals surface area (Å²) in [5.41, 5.74) is -1.85. The molecule has 4 nitrogen and oxygen atoms in total. The number of benzene rings is 1. The lowest BCUT2D eigenvalue weighted by atomic mass is 10.1. The molecule has 0 atom stereocenters. The third kappa shape index (κ3) is 4.29. The maximum atomic E-state index is 12.7. The Bertz CT molecular complexity index is 512. The van der Waals surface area contributed by atoms with Crippen molar-refractivity contribution >= 4 is 22.0 Å².